The van der Waals surface area contributed by atoms with Crippen molar-refractivity contribution in [1.82, 2.24) is 5.32 Å². The number of halogens is 3. The van der Waals surface area contributed by atoms with Crippen molar-refractivity contribution in [2.24, 2.45) is 0 Å². The van der Waals surface area contributed by atoms with Gasteiger partial charge in [0.2, 0.25) is 5.91 Å². The lowest BCUT2D eigenvalue weighted by atomic mass is 9.91. The molecule has 1 aromatic rings. The zero-order chi connectivity index (χ0) is 33.2. The third-order valence-corrected chi connectivity index (χ3v) is 8.76. The average molecular weight is 644 g/mol. The molecule has 1 rings (SSSR count). The van der Waals surface area contributed by atoms with Crippen LogP contribution in [0, 0.1) is 0 Å². The summed E-state index contributed by atoms with van der Waals surface area (Å²) in [6.07, 6.45) is 19.4. The van der Waals surface area contributed by atoms with Crippen LogP contribution in [0.5, 0.6) is 5.75 Å². The van der Waals surface area contributed by atoms with Crippen LogP contribution in [0.4, 0.5) is 13.2 Å². The number of carbonyl (C=O) groups excluding carboxylic acids is 1. The summed E-state index contributed by atoms with van der Waals surface area (Å²) in [7, 11) is 0. The minimum absolute atomic E-state index is 0.111. The molecule has 5 nitrogen and oxygen atoms in total. The van der Waals surface area contributed by atoms with E-state index in [2.05, 4.69) is 19.2 Å². The van der Waals surface area contributed by atoms with Gasteiger partial charge in [0.05, 0.1) is 30.9 Å². The number of aliphatic hydroxyl groups excluding tert-OH is 2. The summed E-state index contributed by atoms with van der Waals surface area (Å²) in [5.41, 5.74) is -1.72. The largest absolute Gasteiger partial charge is 0.493 e. The van der Waals surface area contributed by atoms with E-state index in [4.69, 9.17) is 4.74 Å². The van der Waals surface area contributed by atoms with Crippen molar-refractivity contribution in [3.05, 3.63) is 29.3 Å². The Morgan fingerprint density at radius 3 is 1.64 bits per heavy atom. The number of hydrogen-bond acceptors (Lipinski definition) is 4. The second-order valence-electron chi connectivity index (χ2n) is 12.9. The first-order valence-electron chi connectivity index (χ1n) is 18.1. The molecule has 0 fully saturated rings. The lowest BCUT2D eigenvalue weighted by molar-refractivity contribution is -0.139. The molecule has 0 heterocycles. The van der Waals surface area contributed by atoms with Crippen LogP contribution in [-0.4, -0.2) is 41.5 Å². The van der Waals surface area contributed by atoms with Gasteiger partial charge >= 0.3 is 6.18 Å². The van der Waals surface area contributed by atoms with Gasteiger partial charge < -0.3 is 20.3 Å². The molecule has 1 amide bonds. The molecule has 1 aromatic carbocycles. The Morgan fingerprint density at radius 2 is 1.18 bits per heavy atom. The maximum atomic E-state index is 13.8. The van der Waals surface area contributed by atoms with Crippen molar-refractivity contribution in [3.8, 4) is 5.75 Å². The van der Waals surface area contributed by atoms with Gasteiger partial charge in [0.15, 0.2) is 0 Å². The van der Waals surface area contributed by atoms with Crippen LogP contribution in [0.1, 0.15) is 166 Å². The van der Waals surface area contributed by atoms with E-state index < -0.39 is 30.5 Å². The van der Waals surface area contributed by atoms with Gasteiger partial charge in [-0.3, -0.25) is 4.79 Å². The molecule has 45 heavy (non-hydrogen) atoms. The summed E-state index contributed by atoms with van der Waals surface area (Å²) in [5, 5.41) is 22.8. The molecular formula is C37H64F3NO4. The van der Waals surface area contributed by atoms with E-state index >= 15 is 0 Å². The van der Waals surface area contributed by atoms with E-state index in [1.807, 2.05) is 0 Å². The predicted octanol–water partition coefficient (Wildman–Crippen LogP) is 10.1. The minimum Gasteiger partial charge on any atom is -0.493 e. The monoisotopic (exact) mass is 643 g/mol. The molecule has 0 aliphatic rings. The van der Waals surface area contributed by atoms with Gasteiger partial charge in [-0.25, -0.2) is 0 Å². The van der Waals surface area contributed by atoms with Crippen LogP contribution in [0.2, 0.25) is 0 Å². The zero-order valence-corrected chi connectivity index (χ0v) is 28.5. The number of benzene rings is 1. The Hall–Kier alpha value is -1.80. The first-order chi connectivity index (χ1) is 21.7. The number of nitrogens with one attached hydrogen (secondary N) is 1. The van der Waals surface area contributed by atoms with Gasteiger partial charge in [-0.15, -0.1) is 0 Å². The molecular weight excluding hydrogens is 579 g/mol. The van der Waals surface area contributed by atoms with Gasteiger partial charge in [-0.2, -0.15) is 13.2 Å². The number of rotatable bonds is 29. The number of aryl methyl sites for hydroxylation is 1. The van der Waals surface area contributed by atoms with Crippen molar-refractivity contribution >= 4 is 5.91 Å². The van der Waals surface area contributed by atoms with E-state index in [-0.39, 0.29) is 31.1 Å². The third kappa shape index (κ3) is 19.5. The summed E-state index contributed by atoms with van der Waals surface area (Å²) >= 11 is 0. The van der Waals surface area contributed by atoms with Gasteiger partial charge in [-0.1, -0.05) is 135 Å². The summed E-state index contributed by atoms with van der Waals surface area (Å²) in [6.45, 7) is 3.59. The Balaban J connectivity index is 2.38. The molecule has 3 N–H and O–H groups in total. The van der Waals surface area contributed by atoms with E-state index in [9.17, 15) is 28.2 Å². The molecule has 0 spiro atoms. The van der Waals surface area contributed by atoms with E-state index in [0.717, 1.165) is 51.0 Å². The van der Waals surface area contributed by atoms with Crippen molar-refractivity contribution in [3.63, 3.8) is 0 Å². The van der Waals surface area contributed by atoms with Crippen molar-refractivity contribution in [2.75, 3.05) is 19.8 Å². The number of aliphatic hydroxyl groups is 2. The molecule has 0 saturated carbocycles. The first kappa shape index (κ1) is 41.2. The van der Waals surface area contributed by atoms with Crippen molar-refractivity contribution in [1.29, 1.82) is 0 Å². The fraction of sp³-hybridized carbons (Fsp3) is 0.811. The predicted molar refractivity (Wildman–Crippen MR) is 179 cm³/mol. The summed E-state index contributed by atoms with van der Waals surface area (Å²) in [4.78, 5) is 12.6. The summed E-state index contributed by atoms with van der Waals surface area (Å²) < 4.78 is 46.9. The number of amides is 1. The van der Waals surface area contributed by atoms with Crippen LogP contribution in [0.15, 0.2) is 18.2 Å². The third-order valence-electron chi connectivity index (χ3n) is 8.76. The normalized spacial score (nSPS) is 12.1. The van der Waals surface area contributed by atoms with Gasteiger partial charge in [0, 0.05) is 6.42 Å². The second kappa shape index (κ2) is 25.3. The van der Waals surface area contributed by atoms with Crippen LogP contribution in [-0.2, 0) is 17.4 Å². The van der Waals surface area contributed by atoms with Crippen molar-refractivity contribution in [2.45, 2.75) is 173 Å². The molecule has 262 valence electrons. The average Bonchev–Trinajstić information content (AvgIpc) is 3.02. The Morgan fingerprint density at radius 1 is 0.711 bits per heavy atom. The number of alkyl halides is 3. The highest BCUT2D eigenvalue weighted by Crippen LogP contribution is 2.37. The van der Waals surface area contributed by atoms with E-state index in [1.165, 1.54) is 83.1 Å². The fourth-order valence-corrected chi connectivity index (χ4v) is 5.72. The summed E-state index contributed by atoms with van der Waals surface area (Å²) in [5.74, 6) is -0.444. The smallest absolute Gasteiger partial charge is 0.419 e. The molecule has 8 heteroatoms. The van der Waals surface area contributed by atoms with Gasteiger partial charge in [0.1, 0.15) is 5.75 Å². The lowest BCUT2D eigenvalue weighted by Crippen LogP contribution is -2.54. The SMILES string of the molecule is CCCCCCCCCCCCCCCCCC(=O)NC(CO)(CO)CCc1ccc(OCCCCCCC)c(C(F)(F)F)c1. The number of hydrogen-bond donors (Lipinski definition) is 3. The first-order valence-corrected chi connectivity index (χ1v) is 18.1. The Bertz CT molecular complexity index is 874. The lowest BCUT2D eigenvalue weighted by Gasteiger charge is -2.31. The van der Waals surface area contributed by atoms with Gasteiger partial charge in [0.25, 0.3) is 0 Å². The Kier molecular flexibility index (Phi) is 23.2. The molecule has 0 aromatic heterocycles. The highest BCUT2D eigenvalue weighted by molar-refractivity contribution is 5.76. The van der Waals surface area contributed by atoms with Crippen LogP contribution >= 0.6 is 0 Å². The topological polar surface area (TPSA) is 78.8 Å². The molecule has 0 atom stereocenters. The zero-order valence-electron chi connectivity index (χ0n) is 28.5. The molecule has 0 unspecified atom stereocenters. The Labute approximate surface area is 272 Å². The highest BCUT2D eigenvalue weighted by atomic mass is 19.4. The van der Waals surface area contributed by atoms with E-state index in [1.54, 1.807) is 6.07 Å². The van der Waals surface area contributed by atoms with Crippen LogP contribution < -0.4 is 10.1 Å². The number of unbranched alkanes of at least 4 members (excludes halogenated alkanes) is 18. The molecule has 0 radical (unpaired) electrons. The summed E-state index contributed by atoms with van der Waals surface area (Å²) in [6, 6.07) is 4.00. The molecule has 0 aliphatic carbocycles. The maximum absolute atomic E-state index is 13.8. The quantitative estimate of drug-likeness (QED) is 0.0759. The van der Waals surface area contributed by atoms with E-state index in [0.29, 0.717) is 18.4 Å². The van der Waals surface area contributed by atoms with Gasteiger partial charge in [-0.05, 0) is 43.4 Å². The maximum Gasteiger partial charge on any atom is 0.419 e. The molecule has 0 saturated heterocycles. The van der Waals surface area contributed by atoms with Crippen molar-refractivity contribution < 1.29 is 32.9 Å². The molecule has 0 aliphatic heterocycles. The van der Waals surface area contributed by atoms with Crippen LogP contribution in [0.3, 0.4) is 0 Å². The minimum atomic E-state index is -4.57. The number of ether oxygens (including phenoxy) is 1. The standard InChI is InChI=1S/C37H64F3NO4/c1-3-5-7-9-10-11-12-13-14-15-16-17-18-19-21-23-35(44)41-36(30-42,31-43)27-26-32-24-25-34(33(29-32)37(38,39)40)45-28-22-20-8-6-4-2/h24-25,29,42-43H,3-23,26-28,30-31H2,1-2H3,(H,41,44). The molecule has 0 bridgehead atoms. The number of carbonyl (C=O) groups is 1. The second-order valence-corrected chi connectivity index (χ2v) is 12.9. The highest BCUT2D eigenvalue weighted by Gasteiger charge is 2.35. The fourth-order valence-electron chi connectivity index (χ4n) is 5.72. The van der Waals surface area contributed by atoms with Crippen LogP contribution in [0.25, 0.3) is 0 Å².